The second-order valence-electron chi connectivity index (χ2n) is 7.71. The average Bonchev–Trinajstić information content (AvgIpc) is 3.41. The van der Waals surface area contributed by atoms with Crippen LogP contribution in [-0.2, 0) is 6.54 Å². The number of carbonyl (C=O) groups excluding carboxylic acids is 1. The van der Waals surface area contributed by atoms with Crippen molar-refractivity contribution in [3.05, 3.63) is 83.6 Å². The van der Waals surface area contributed by atoms with Gasteiger partial charge >= 0.3 is 0 Å². The number of ether oxygens (including phenoxy) is 1. The fraction of sp³-hybridized carbons (Fsp3) is 0.280. The lowest BCUT2D eigenvalue weighted by Gasteiger charge is -2.16. The van der Waals surface area contributed by atoms with Crippen LogP contribution in [0.1, 0.15) is 46.9 Å². The van der Waals surface area contributed by atoms with Gasteiger partial charge in [0, 0.05) is 6.54 Å². The smallest absolute Gasteiger partial charge is 0.287 e. The molecule has 4 aromatic rings. The van der Waals surface area contributed by atoms with Gasteiger partial charge in [0.1, 0.15) is 11.6 Å². The first-order valence-corrected chi connectivity index (χ1v) is 10.5. The van der Waals surface area contributed by atoms with Gasteiger partial charge in [-0.15, -0.1) is 0 Å². The monoisotopic (exact) mass is 417 g/mol. The quantitative estimate of drug-likeness (QED) is 0.400. The first kappa shape index (κ1) is 20.7. The van der Waals surface area contributed by atoms with Gasteiger partial charge in [-0.25, -0.2) is 4.98 Å². The fourth-order valence-electron chi connectivity index (χ4n) is 3.82. The van der Waals surface area contributed by atoms with Crippen LogP contribution in [0.3, 0.4) is 0 Å². The first-order valence-electron chi connectivity index (χ1n) is 10.5. The normalized spacial score (nSPS) is 12.1. The molecule has 0 radical (unpaired) electrons. The molecule has 1 N–H and O–H groups in total. The summed E-state index contributed by atoms with van der Waals surface area (Å²) in [6.07, 6.45) is 2.31. The van der Waals surface area contributed by atoms with Crippen molar-refractivity contribution < 1.29 is 13.9 Å². The molecule has 1 amide bonds. The SMILES string of the molecule is Cc1cccc(C)c1OCCCn1c([C@H](C)NC(=O)c2ccco2)nc2ccccc21. The number of rotatable bonds is 8. The molecule has 4 rings (SSSR count). The molecule has 0 aliphatic rings. The number of para-hydroxylation sites is 3. The maximum absolute atomic E-state index is 12.4. The molecule has 0 saturated carbocycles. The number of hydrogen-bond donors (Lipinski definition) is 1. The van der Waals surface area contributed by atoms with Crippen LogP contribution in [-0.4, -0.2) is 22.1 Å². The van der Waals surface area contributed by atoms with Gasteiger partial charge in [0.2, 0.25) is 0 Å². The third-order valence-corrected chi connectivity index (χ3v) is 5.35. The molecule has 0 unspecified atom stereocenters. The Morgan fingerprint density at radius 2 is 1.87 bits per heavy atom. The van der Waals surface area contributed by atoms with Crippen molar-refractivity contribution in [1.29, 1.82) is 0 Å². The van der Waals surface area contributed by atoms with Crippen molar-refractivity contribution >= 4 is 16.9 Å². The van der Waals surface area contributed by atoms with Gasteiger partial charge in [-0.3, -0.25) is 4.79 Å². The van der Waals surface area contributed by atoms with Gasteiger partial charge in [-0.2, -0.15) is 0 Å². The third kappa shape index (κ3) is 4.48. The molecule has 2 heterocycles. The summed E-state index contributed by atoms with van der Waals surface area (Å²) < 4.78 is 13.4. The van der Waals surface area contributed by atoms with E-state index in [1.54, 1.807) is 12.1 Å². The van der Waals surface area contributed by atoms with E-state index in [4.69, 9.17) is 14.1 Å². The van der Waals surface area contributed by atoms with E-state index in [2.05, 4.69) is 41.9 Å². The second kappa shape index (κ2) is 9.08. The van der Waals surface area contributed by atoms with Crippen LogP contribution >= 0.6 is 0 Å². The zero-order chi connectivity index (χ0) is 21.8. The Kier molecular flexibility index (Phi) is 6.07. The van der Waals surface area contributed by atoms with Crippen LogP contribution in [0.25, 0.3) is 11.0 Å². The zero-order valence-corrected chi connectivity index (χ0v) is 18.1. The van der Waals surface area contributed by atoms with Gasteiger partial charge in [0.15, 0.2) is 5.76 Å². The fourth-order valence-corrected chi connectivity index (χ4v) is 3.82. The Morgan fingerprint density at radius 1 is 1.10 bits per heavy atom. The first-order chi connectivity index (χ1) is 15.0. The van der Waals surface area contributed by atoms with Crippen molar-refractivity contribution in [2.75, 3.05) is 6.61 Å². The number of amides is 1. The molecule has 2 aromatic carbocycles. The molecule has 0 aliphatic heterocycles. The van der Waals surface area contributed by atoms with Crippen molar-refractivity contribution in [3.8, 4) is 5.75 Å². The average molecular weight is 418 g/mol. The largest absolute Gasteiger partial charge is 0.493 e. The van der Waals surface area contributed by atoms with Crippen LogP contribution in [0, 0.1) is 13.8 Å². The minimum absolute atomic E-state index is 0.255. The standard InChI is InChI=1S/C25H27N3O3/c1-17-9-6-10-18(2)23(17)31-16-8-14-28-21-12-5-4-11-20(21)27-24(28)19(3)26-25(29)22-13-7-15-30-22/h4-7,9-13,15,19H,8,14,16H2,1-3H3,(H,26,29)/t19-/m0/s1. The zero-order valence-electron chi connectivity index (χ0n) is 18.1. The van der Waals surface area contributed by atoms with Crippen molar-refractivity contribution in [3.63, 3.8) is 0 Å². The van der Waals surface area contributed by atoms with Crippen LogP contribution in [0.15, 0.2) is 65.3 Å². The summed E-state index contributed by atoms with van der Waals surface area (Å²) in [5, 5.41) is 2.98. The molecule has 6 heteroatoms. The van der Waals surface area contributed by atoms with Crippen molar-refractivity contribution in [2.45, 2.75) is 39.8 Å². The van der Waals surface area contributed by atoms with Gasteiger partial charge in [0.25, 0.3) is 5.91 Å². The van der Waals surface area contributed by atoms with Gasteiger partial charge in [-0.1, -0.05) is 30.3 Å². The molecule has 160 valence electrons. The molecule has 1 atom stereocenters. The predicted molar refractivity (Wildman–Crippen MR) is 120 cm³/mol. The lowest BCUT2D eigenvalue weighted by atomic mass is 10.1. The molecule has 31 heavy (non-hydrogen) atoms. The summed E-state index contributed by atoms with van der Waals surface area (Å²) in [6.45, 7) is 7.40. The van der Waals surface area contributed by atoms with Crippen LogP contribution in [0.5, 0.6) is 5.75 Å². The molecular formula is C25H27N3O3. The highest BCUT2D eigenvalue weighted by Gasteiger charge is 2.20. The minimum atomic E-state index is -0.274. The van der Waals surface area contributed by atoms with Gasteiger partial charge in [0.05, 0.1) is 29.9 Å². The lowest BCUT2D eigenvalue weighted by Crippen LogP contribution is -2.28. The Morgan fingerprint density at radius 3 is 2.61 bits per heavy atom. The van der Waals surface area contributed by atoms with E-state index >= 15 is 0 Å². The number of hydrogen-bond acceptors (Lipinski definition) is 4. The molecule has 0 fully saturated rings. The molecule has 2 aromatic heterocycles. The van der Waals surface area contributed by atoms with E-state index in [0.717, 1.165) is 46.7 Å². The summed E-state index contributed by atoms with van der Waals surface area (Å²) in [4.78, 5) is 17.2. The summed E-state index contributed by atoms with van der Waals surface area (Å²) in [5.74, 6) is 1.80. The summed E-state index contributed by atoms with van der Waals surface area (Å²) >= 11 is 0. The second-order valence-corrected chi connectivity index (χ2v) is 7.71. The number of aromatic nitrogens is 2. The van der Waals surface area contributed by atoms with E-state index in [-0.39, 0.29) is 17.7 Å². The summed E-state index contributed by atoms with van der Waals surface area (Å²) in [6, 6.07) is 17.3. The number of imidazole rings is 1. The molecular weight excluding hydrogens is 390 g/mol. The number of aryl methyl sites for hydroxylation is 3. The summed E-state index contributed by atoms with van der Waals surface area (Å²) in [7, 11) is 0. The maximum atomic E-state index is 12.4. The number of benzene rings is 2. The lowest BCUT2D eigenvalue weighted by molar-refractivity contribution is 0.0909. The number of fused-ring (bicyclic) bond motifs is 1. The Balaban J connectivity index is 1.49. The number of furan rings is 1. The van der Waals surface area contributed by atoms with Crippen LogP contribution in [0.4, 0.5) is 0 Å². The highest BCUT2D eigenvalue weighted by atomic mass is 16.5. The molecule has 0 saturated heterocycles. The number of nitrogens with one attached hydrogen (secondary N) is 1. The van der Waals surface area contributed by atoms with E-state index in [0.29, 0.717) is 6.61 Å². The molecule has 0 aliphatic carbocycles. The van der Waals surface area contributed by atoms with E-state index < -0.39 is 0 Å². The van der Waals surface area contributed by atoms with E-state index in [9.17, 15) is 4.79 Å². The van der Waals surface area contributed by atoms with Crippen molar-refractivity contribution in [2.24, 2.45) is 0 Å². The highest BCUT2D eigenvalue weighted by molar-refractivity contribution is 5.91. The number of nitrogens with zero attached hydrogens (tertiary/aromatic N) is 2. The van der Waals surface area contributed by atoms with Gasteiger partial charge in [-0.05, 0) is 62.6 Å². The van der Waals surface area contributed by atoms with Crippen LogP contribution < -0.4 is 10.1 Å². The third-order valence-electron chi connectivity index (χ3n) is 5.35. The van der Waals surface area contributed by atoms with Gasteiger partial charge < -0.3 is 19.0 Å². The topological polar surface area (TPSA) is 69.3 Å². The Labute approximate surface area is 181 Å². The summed E-state index contributed by atoms with van der Waals surface area (Å²) in [5.41, 5.74) is 4.24. The van der Waals surface area contributed by atoms with Crippen LogP contribution in [0.2, 0.25) is 0 Å². The predicted octanol–water partition coefficient (Wildman–Crippen LogP) is 5.21. The van der Waals surface area contributed by atoms with Crippen molar-refractivity contribution in [1.82, 2.24) is 14.9 Å². The van der Waals surface area contributed by atoms with E-state index in [1.807, 2.05) is 31.2 Å². The molecule has 0 bridgehead atoms. The number of carbonyl (C=O) groups is 1. The molecule has 6 nitrogen and oxygen atoms in total. The Hall–Kier alpha value is -3.54. The molecule has 0 spiro atoms. The minimum Gasteiger partial charge on any atom is -0.493 e. The van der Waals surface area contributed by atoms with E-state index in [1.165, 1.54) is 6.26 Å². The Bertz CT molecular complexity index is 1160. The highest BCUT2D eigenvalue weighted by Crippen LogP contribution is 2.24. The maximum Gasteiger partial charge on any atom is 0.287 e.